The molecule has 34 heavy (non-hydrogen) atoms. The van der Waals surface area contributed by atoms with Crippen LogP contribution in [0.3, 0.4) is 0 Å². The lowest BCUT2D eigenvalue weighted by Crippen LogP contribution is -2.38. The first-order valence-electron chi connectivity index (χ1n) is 10.2. The summed E-state index contributed by atoms with van der Waals surface area (Å²) in [6.45, 7) is 0. The van der Waals surface area contributed by atoms with Crippen LogP contribution in [0, 0.1) is 11.3 Å². The normalized spacial score (nSPS) is 18.6. The van der Waals surface area contributed by atoms with Gasteiger partial charge < -0.3 is 10.1 Å². The van der Waals surface area contributed by atoms with E-state index in [0.29, 0.717) is 16.4 Å². The Balaban J connectivity index is 1.52. The van der Waals surface area contributed by atoms with E-state index in [-0.39, 0.29) is 22.8 Å². The van der Waals surface area contributed by atoms with E-state index < -0.39 is 29.1 Å². The van der Waals surface area contributed by atoms with Gasteiger partial charge in [-0.05, 0) is 61.0 Å². The number of ether oxygens (including phenoxy) is 1. The van der Waals surface area contributed by atoms with Crippen molar-refractivity contribution >= 4 is 40.8 Å². The molecule has 0 saturated heterocycles. The number of amides is 2. The Morgan fingerprint density at radius 2 is 1.76 bits per heavy atom. The number of rotatable bonds is 6. The van der Waals surface area contributed by atoms with E-state index in [1.54, 1.807) is 30.5 Å². The van der Waals surface area contributed by atoms with Crippen LogP contribution < -0.4 is 16.0 Å². The number of nitrogens with zero attached hydrogens (tertiary/aromatic N) is 2. The van der Waals surface area contributed by atoms with Crippen molar-refractivity contribution in [1.82, 2.24) is 4.57 Å². The zero-order chi connectivity index (χ0) is 24.5. The molecule has 0 spiro atoms. The van der Waals surface area contributed by atoms with Crippen molar-refractivity contribution in [2.45, 2.75) is 6.42 Å². The van der Waals surface area contributed by atoms with Crippen LogP contribution in [0.5, 0.6) is 0 Å². The molecule has 0 bridgehead atoms. The highest BCUT2D eigenvalue weighted by atomic mass is 35.5. The first kappa shape index (κ1) is 23.2. The SMILES string of the molecule is COC(=O)C1(C(=O)Nc2ccc(Cl)cc2)CC1C(=O)N(F)c1ccc(-n2ccccc2=O)cc1. The van der Waals surface area contributed by atoms with Gasteiger partial charge in [0.15, 0.2) is 5.41 Å². The molecule has 174 valence electrons. The number of aromatic nitrogens is 1. The van der Waals surface area contributed by atoms with Crippen LogP contribution in [0.2, 0.25) is 5.02 Å². The predicted octanol–water partition coefficient (Wildman–Crippen LogP) is 3.53. The minimum absolute atomic E-state index is 0.109. The van der Waals surface area contributed by atoms with Gasteiger partial charge in [-0.15, -0.1) is 5.12 Å². The van der Waals surface area contributed by atoms with Crippen molar-refractivity contribution in [3.63, 3.8) is 0 Å². The number of carbonyl (C=O) groups is 3. The molecule has 1 aliphatic rings. The highest BCUT2D eigenvalue weighted by molar-refractivity contribution is 6.30. The Morgan fingerprint density at radius 1 is 1.09 bits per heavy atom. The molecule has 3 aromatic rings. The number of hydrogen-bond acceptors (Lipinski definition) is 5. The number of hydrogen-bond donors (Lipinski definition) is 1. The standard InChI is InChI=1S/C24H19ClFN3O5/c1-34-23(33)24(22(32)27-16-7-5-15(25)6-8-16)14-19(24)21(31)29(26)18-11-9-17(10-12-18)28-13-3-2-4-20(28)30/h2-13,19H,14H2,1H3,(H,27,32). The number of anilines is 2. The molecule has 1 fully saturated rings. The van der Waals surface area contributed by atoms with Crippen molar-refractivity contribution in [3.05, 3.63) is 88.3 Å². The summed E-state index contributed by atoms with van der Waals surface area (Å²) >= 11 is 5.84. The molecule has 0 aliphatic heterocycles. The minimum atomic E-state index is -1.84. The van der Waals surface area contributed by atoms with Crippen LogP contribution in [-0.4, -0.2) is 29.5 Å². The third-order valence-electron chi connectivity index (χ3n) is 5.69. The summed E-state index contributed by atoms with van der Waals surface area (Å²) in [4.78, 5) is 50.2. The number of benzene rings is 2. The van der Waals surface area contributed by atoms with E-state index >= 15 is 0 Å². The number of carbonyl (C=O) groups excluding carboxylic acids is 3. The van der Waals surface area contributed by atoms with Gasteiger partial charge in [-0.2, -0.15) is 0 Å². The largest absolute Gasteiger partial charge is 0.468 e. The molecule has 4 rings (SSSR count). The molecule has 8 nitrogen and oxygen atoms in total. The summed E-state index contributed by atoms with van der Waals surface area (Å²) in [6, 6.07) is 16.4. The fourth-order valence-corrected chi connectivity index (χ4v) is 3.86. The van der Waals surface area contributed by atoms with Gasteiger partial charge in [0.25, 0.3) is 11.5 Å². The second kappa shape index (κ2) is 9.11. The fraction of sp³-hybridized carbons (Fsp3) is 0.167. The van der Waals surface area contributed by atoms with Crippen molar-refractivity contribution in [2.24, 2.45) is 11.3 Å². The zero-order valence-electron chi connectivity index (χ0n) is 17.9. The number of esters is 1. The van der Waals surface area contributed by atoms with Crippen LogP contribution in [0.4, 0.5) is 15.9 Å². The van der Waals surface area contributed by atoms with Gasteiger partial charge in [0.05, 0.1) is 18.7 Å². The molecular weight excluding hydrogens is 465 g/mol. The highest BCUT2D eigenvalue weighted by Gasteiger charge is 2.71. The van der Waals surface area contributed by atoms with Gasteiger partial charge in [-0.1, -0.05) is 22.1 Å². The first-order valence-corrected chi connectivity index (χ1v) is 10.6. The van der Waals surface area contributed by atoms with E-state index in [2.05, 4.69) is 5.32 Å². The Hall–Kier alpha value is -3.98. The van der Waals surface area contributed by atoms with Gasteiger partial charge in [-0.25, -0.2) is 0 Å². The van der Waals surface area contributed by atoms with E-state index in [1.165, 1.54) is 47.0 Å². The Labute approximate surface area is 198 Å². The Kier molecular flexibility index (Phi) is 6.21. The van der Waals surface area contributed by atoms with Crippen molar-refractivity contribution < 1.29 is 23.6 Å². The quantitative estimate of drug-likeness (QED) is 0.328. The summed E-state index contributed by atoms with van der Waals surface area (Å²) < 4.78 is 21.1. The van der Waals surface area contributed by atoms with Gasteiger partial charge in [0.1, 0.15) is 0 Å². The summed E-state index contributed by atoms with van der Waals surface area (Å²) in [7, 11) is 1.09. The minimum Gasteiger partial charge on any atom is -0.468 e. The summed E-state index contributed by atoms with van der Waals surface area (Å²) in [5.41, 5.74) is -1.38. The number of halogens is 2. The van der Waals surface area contributed by atoms with Crippen molar-refractivity contribution in [3.8, 4) is 5.69 Å². The van der Waals surface area contributed by atoms with Crippen LogP contribution in [0.1, 0.15) is 6.42 Å². The Bertz CT molecular complexity index is 1310. The predicted molar refractivity (Wildman–Crippen MR) is 123 cm³/mol. The molecule has 1 saturated carbocycles. The van der Waals surface area contributed by atoms with E-state index in [9.17, 15) is 23.7 Å². The molecule has 2 unspecified atom stereocenters. The van der Waals surface area contributed by atoms with E-state index in [0.717, 1.165) is 7.11 Å². The summed E-state index contributed by atoms with van der Waals surface area (Å²) in [5, 5.41) is 2.90. The average Bonchev–Trinajstić information content (AvgIpc) is 3.61. The van der Waals surface area contributed by atoms with E-state index in [4.69, 9.17) is 16.3 Å². The molecule has 2 amide bonds. The summed E-state index contributed by atoms with van der Waals surface area (Å²) in [6.07, 6.45) is 1.36. The van der Waals surface area contributed by atoms with Crippen LogP contribution >= 0.6 is 11.6 Å². The van der Waals surface area contributed by atoms with Crippen LogP contribution in [-0.2, 0) is 19.1 Å². The second-order valence-electron chi connectivity index (χ2n) is 7.73. The molecular formula is C24H19ClFN3O5. The smallest absolute Gasteiger partial charge is 0.322 e. The number of methoxy groups -OCH3 is 1. The number of pyridine rings is 1. The van der Waals surface area contributed by atoms with Gasteiger partial charge >= 0.3 is 5.97 Å². The maximum atomic E-state index is 15.0. The third kappa shape index (κ3) is 4.17. The molecule has 1 aromatic heterocycles. The molecule has 0 radical (unpaired) electrons. The topological polar surface area (TPSA) is 97.7 Å². The lowest BCUT2D eigenvalue weighted by Gasteiger charge is -2.17. The fourth-order valence-electron chi connectivity index (χ4n) is 3.74. The molecule has 1 heterocycles. The Morgan fingerprint density at radius 3 is 2.38 bits per heavy atom. The molecule has 2 aromatic carbocycles. The average molecular weight is 484 g/mol. The monoisotopic (exact) mass is 483 g/mol. The lowest BCUT2D eigenvalue weighted by molar-refractivity contribution is -0.152. The van der Waals surface area contributed by atoms with E-state index in [1.807, 2.05) is 0 Å². The van der Waals surface area contributed by atoms with Crippen molar-refractivity contribution in [2.75, 3.05) is 17.5 Å². The lowest BCUT2D eigenvalue weighted by atomic mass is 10.0. The molecule has 1 aliphatic carbocycles. The third-order valence-corrected chi connectivity index (χ3v) is 5.94. The first-order chi connectivity index (χ1) is 16.3. The van der Waals surface area contributed by atoms with Gasteiger partial charge in [0, 0.05) is 28.7 Å². The molecule has 10 heteroatoms. The maximum Gasteiger partial charge on any atom is 0.322 e. The van der Waals surface area contributed by atoms with Crippen LogP contribution in [0.15, 0.2) is 77.7 Å². The van der Waals surface area contributed by atoms with Gasteiger partial charge in [-0.3, -0.25) is 23.7 Å². The van der Waals surface area contributed by atoms with Crippen molar-refractivity contribution in [1.29, 1.82) is 0 Å². The molecule has 2 atom stereocenters. The summed E-state index contributed by atoms with van der Waals surface area (Å²) in [5.74, 6) is -3.99. The number of nitrogens with one attached hydrogen (secondary N) is 1. The zero-order valence-corrected chi connectivity index (χ0v) is 18.7. The molecule has 1 N–H and O–H groups in total. The van der Waals surface area contributed by atoms with Crippen LogP contribution in [0.25, 0.3) is 5.69 Å². The second-order valence-corrected chi connectivity index (χ2v) is 8.16. The highest BCUT2D eigenvalue weighted by Crippen LogP contribution is 2.55. The maximum absolute atomic E-state index is 15.0. The van der Waals surface area contributed by atoms with Gasteiger partial charge in [0.2, 0.25) is 5.91 Å².